The van der Waals surface area contributed by atoms with Gasteiger partial charge in [-0.1, -0.05) is 0 Å². The largest absolute Gasteiger partial charge is 0.505 e. The smallest absolute Gasteiger partial charge is 0.337 e. The lowest BCUT2D eigenvalue weighted by Crippen LogP contribution is -2.11. The number of aromatic hydroxyl groups is 1. The molecule has 0 aliphatic heterocycles. The summed E-state index contributed by atoms with van der Waals surface area (Å²) in [6.45, 7) is 5.10. The molecule has 312 valence electrons. The van der Waals surface area contributed by atoms with Crippen LogP contribution in [-0.2, 0) is 20.2 Å². The number of hydrogen-bond donors (Lipinski definition) is 6. The minimum atomic E-state index is -4.97. The van der Waals surface area contributed by atoms with Gasteiger partial charge in [-0.3, -0.25) is 13.9 Å². The quantitative estimate of drug-likeness (QED) is 0.0380. The first-order valence-corrected chi connectivity index (χ1v) is 20.5. The number of carboxylic acids is 1. The highest BCUT2D eigenvalue weighted by molar-refractivity contribution is 7.86. The molecule has 0 aliphatic rings. The van der Waals surface area contributed by atoms with Crippen molar-refractivity contribution in [2.75, 3.05) is 18.2 Å². The van der Waals surface area contributed by atoms with E-state index in [4.69, 9.17) is 10.5 Å². The summed E-state index contributed by atoms with van der Waals surface area (Å²) in [4.78, 5) is 23.1. The van der Waals surface area contributed by atoms with Gasteiger partial charge in [0.05, 0.1) is 34.6 Å². The van der Waals surface area contributed by atoms with E-state index in [1.807, 2.05) is 0 Å². The lowest BCUT2D eigenvalue weighted by atomic mass is 10.1. The fourth-order valence-electron chi connectivity index (χ4n) is 5.83. The number of amides is 1. The molecule has 1 amide bonds. The van der Waals surface area contributed by atoms with Crippen LogP contribution in [0.15, 0.2) is 131 Å². The molecule has 0 aliphatic carbocycles. The van der Waals surface area contributed by atoms with Gasteiger partial charge in [-0.05, 0) is 128 Å². The zero-order valence-electron chi connectivity index (χ0n) is 32.4. The van der Waals surface area contributed by atoms with Crippen molar-refractivity contribution in [2.45, 2.75) is 30.6 Å². The number of benzene rings is 6. The van der Waals surface area contributed by atoms with E-state index in [2.05, 4.69) is 36.0 Å². The van der Waals surface area contributed by atoms with Crippen LogP contribution in [0.1, 0.15) is 37.4 Å². The number of nitrogens with one attached hydrogen (secondary N) is 1. The molecule has 0 unspecified atom stereocenters. The predicted molar refractivity (Wildman–Crippen MR) is 224 cm³/mol. The molecule has 6 aromatic carbocycles. The van der Waals surface area contributed by atoms with E-state index in [-0.39, 0.29) is 39.1 Å². The first-order chi connectivity index (χ1) is 28.7. The van der Waals surface area contributed by atoms with E-state index in [0.29, 0.717) is 45.0 Å². The maximum absolute atomic E-state index is 12.8. The van der Waals surface area contributed by atoms with Crippen molar-refractivity contribution in [3.05, 3.63) is 119 Å². The molecule has 6 aromatic rings. The lowest BCUT2D eigenvalue weighted by Gasteiger charge is -2.12. The molecule has 0 bridgehead atoms. The van der Waals surface area contributed by atoms with Crippen molar-refractivity contribution in [1.29, 1.82) is 0 Å². The number of ether oxygens (including phenoxy) is 1. The standard InChI is InChI=1S/C40H34N8O11S2/c1-20-14-31(44-46-33-18-27(60(53,54)55)10-12-29(33)40(51)52)21(2)13-30(20)43-45-32-19-35(59-4)34(15-22(32)3)47-48-37-36(61(56,57)58)17-24-16-26(9-11-28(24)38(37)49)42-39(50)23-5-7-25(41)8-6-23/h5-19,49H,41H2,1-4H3,(H,42,50)(H,51,52)(H,53,54,55)(H,56,57,58). The van der Waals surface area contributed by atoms with Crippen LogP contribution in [0.25, 0.3) is 10.8 Å². The first kappa shape index (κ1) is 43.1. The Morgan fingerprint density at radius 1 is 0.656 bits per heavy atom. The van der Waals surface area contributed by atoms with Gasteiger partial charge in [-0.15, -0.1) is 15.3 Å². The number of methoxy groups -OCH3 is 1. The van der Waals surface area contributed by atoms with Gasteiger partial charge in [0.1, 0.15) is 27.7 Å². The lowest BCUT2D eigenvalue weighted by molar-refractivity contribution is 0.0697. The van der Waals surface area contributed by atoms with E-state index in [1.54, 1.807) is 45.0 Å². The van der Waals surface area contributed by atoms with Crippen LogP contribution < -0.4 is 15.8 Å². The minimum Gasteiger partial charge on any atom is -0.505 e. The number of rotatable bonds is 12. The van der Waals surface area contributed by atoms with Crippen molar-refractivity contribution in [1.82, 2.24) is 0 Å². The average molecular weight is 867 g/mol. The molecule has 0 atom stereocenters. The number of nitrogen functional groups attached to an aromatic ring is 1. The fourth-order valence-corrected chi connectivity index (χ4v) is 6.99. The van der Waals surface area contributed by atoms with Gasteiger partial charge >= 0.3 is 5.97 Å². The third-order valence-corrected chi connectivity index (χ3v) is 10.8. The summed E-state index contributed by atoms with van der Waals surface area (Å²) < 4.78 is 73.3. The van der Waals surface area contributed by atoms with Crippen molar-refractivity contribution < 1.29 is 50.5 Å². The summed E-state index contributed by atoms with van der Waals surface area (Å²) in [7, 11) is -8.25. The monoisotopic (exact) mass is 866 g/mol. The summed E-state index contributed by atoms with van der Waals surface area (Å²) >= 11 is 0. The van der Waals surface area contributed by atoms with Gasteiger partial charge in [-0.2, -0.15) is 32.2 Å². The Morgan fingerprint density at radius 2 is 1.21 bits per heavy atom. The molecule has 0 heterocycles. The third-order valence-electron chi connectivity index (χ3n) is 9.06. The van der Waals surface area contributed by atoms with Crippen LogP contribution in [-0.4, -0.2) is 55.1 Å². The van der Waals surface area contributed by atoms with Gasteiger partial charge in [0.15, 0.2) is 5.75 Å². The first-order valence-electron chi connectivity index (χ1n) is 17.6. The molecular formula is C40H34N8O11S2. The van der Waals surface area contributed by atoms with Crippen molar-refractivity contribution >= 4 is 88.4 Å². The van der Waals surface area contributed by atoms with Crippen LogP contribution in [0, 0.1) is 20.8 Å². The maximum Gasteiger partial charge on any atom is 0.337 e. The molecule has 0 fully saturated rings. The number of azo groups is 3. The highest BCUT2D eigenvalue weighted by Gasteiger charge is 2.23. The Balaban J connectivity index is 1.27. The molecule has 21 heteroatoms. The number of aromatic carboxylic acids is 1. The molecule has 61 heavy (non-hydrogen) atoms. The summed E-state index contributed by atoms with van der Waals surface area (Å²) in [6.07, 6.45) is 0. The Labute approximate surface area is 347 Å². The average Bonchev–Trinajstić information content (AvgIpc) is 3.19. The Bertz CT molecular complexity index is 3100. The van der Waals surface area contributed by atoms with Gasteiger partial charge < -0.3 is 26.0 Å². The minimum absolute atomic E-state index is 0.107. The van der Waals surface area contributed by atoms with E-state index >= 15 is 0 Å². The number of hydrogen-bond acceptors (Lipinski definition) is 15. The van der Waals surface area contributed by atoms with Crippen molar-refractivity contribution in [3.8, 4) is 11.5 Å². The molecule has 19 nitrogen and oxygen atoms in total. The number of carbonyl (C=O) groups is 2. The third kappa shape index (κ3) is 9.71. The van der Waals surface area contributed by atoms with Crippen LogP contribution >= 0.6 is 0 Å². The van der Waals surface area contributed by atoms with Crippen molar-refractivity contribution in [2.24, 2.45) is 30.7 Å². The molecule has 7 N–H and O–H groups in total. The van der Waals surface area contributed by atoms with Crippen LogP contribution in [0.3, 0.4) is 0 Å². The number of carbonyl (C=O) groups excluding carboxylic acids is 1. The SMILES string of the molecule is COc1cc(N=Nc2cc(C)c(N=Nc3cc(S(=O)(=O)O)ccc3C(=O)O)cc2C)c(C)cc1N=Nc1c(S(=O)(=O)O)cc2cc(NC(=O)c3ccc(N)cc3)ccc2c1O. The highest BCUT2D eigenvalue weighted by atomic mass is 32.2. The molecule has 0 saturated carbocycles. The Morgan fingerprint density at radius 3 is 1.77 bits per heavy atom. The van der Waals surface area contributed by atoms with E-state index < -0.39 is 53.3 Å². The fraction of sp³-hybridized carbons (Fsp3) is 0.100. The number of carboxylic acid groups (broad SMARTS) is 1. The second-order valence-corrected chi connectivity index (χ2v) is 16.2. The van der Waals surface area contributed by atoms with Gasteiger partial charge in [-0.25, -0.2) is 4.79 Å². The summed E-state index contributed by atoms with van der Waals surface area (Å²) in [5, 5.41) is 48.7. The maximum atomic E-state index is 12.8. The van der Waals surface area contributed by atoms with Gasteiger partial charge in [0.25, 0.3) is 26.1 Å². The van der Waals surface area contributed by atoms with Crippen LogP contribution in [0.4, 0.5) is 45.5 Å². The van der Waals surface area contributed by atoms with Crippen LogP contribution in [0.5, 0.6) is 11.5 Å². The summed E-state index contributed by atoms with van der Waals surface area (Å²) in [5.41, 5.74) is 8.45. The highest BCUT2D eigenvalue weighted by Crippen LogP contribution is 2.44. The number of fused-ring (bicyclic) bond motifs is 1. The van der Waals surface area contributed by atoms with Gasteiger partial charge in [0.2, 0.25) is 0 Å². The molecule has 6 rings (SSSR count). The second kappa shape index (κ2) is 17.0. The number of nitrogens with two attached hydrogens (primary N) is 1. The zero-order valence-corrected chi connectivity index (χ0v) is 34.0. The number of aryl methyl sites for hydroxylation is 3. The second-order valence-electron chi connectivity index (χ2n) is 13.4. The molecular weight excluding hydrogens is 833 g/mol. The molecule has 0 aromatic heterocycles. The van der Waals surface area contributed by atoms with E-state index in [1.165, 1.54) is 49.6 Å². The normalized spacial score (nSPS) is 12.2. The van der Waals surface area contributed by atoms with E-state index in [0.717, 1.165) is 24.3 Å². The predicted octanol–water partition coefficient (Wildman–Crippen LogP) is 9.75. The summed E-state index contributed by atoms with van der Waals surface area (Å²) in [5.74, 6) is -2.32. The van der Waals surface area contributed by atoms with Crippen molar-refractivity contribution in [3.63, 3.8) is 0 Å². The zero-order chi connectivity index (χ0) is 44.4. The summed E-state index contributed by atoms with van der Waals surface area (Å²) in [6, 6.07) is 20.7. The van der Waals surface area contributed by atoms with Gasteiger partial charge in [0, 0.05) is 28.4 Å². The number of phenolic OH excluding ortho intramolecular Hbond substituents is 1. The number of phenols is 1. The molecule has 0 saturated heterocycles. The number of nitrogens with zero attached hydrogens (tertiary/aromatic N) is 6. The molecule has 0 spiro atoms. The van der Waals surface area contributed by atoms with E-state index in [9.17, 15) is 45.7 Å². The topological polar surface area (TPSA) is 305 Å². The molecule has 0 radical (unpaired) electrons. The Kier molecular flexibility index (Phi) is 12.0. The Hall–Kier alpha value is -7.46. The number of anilines is 2. The van der Waals surface area contributed by atoms with Crippen LogP contribution in [0.2, 0.25) is 0 Å².